The molecule has 2 aromatic rings. The SMILES string of the molecule is Cc1ccccc1C[NH+]1CC[NH+](Cc2ccc(Cl)cc2)CC1. The Bertz CT molecular complexity index is 601. The van der Waals surface area contributed by atoms with E-state index in [9.17, 15) is 0 Å². The first-order valence-electron chi connectivity index (χ1n) is 8.17. The van der Waals surface area contributed by atoms with Gasteiger partial charge in [0.15, 0.2) is 0 Å². The largest absolute Gasteiger partial charge is 0.322 e. The van der Waals surface area contributed by atoms with Crippen LogP contribution in [0.15, 0.2) is 48.5 Å². The first kappa shape index (κ1) is 15.5. The predicted molar refractivity (Wildman–Crippen MR) is 91.4 cm³/mol. The molecule has 22 heavy (non-hydrogen) atoms. The Morgan fingerprint density at radius 2 is 1.41 bits per heavy atom. The number of hydrogen-bond donors (Lipinski definition) is 2. The van der Waals surface area contributed by atoms with Crippen LogP contribution in [0.1, 0.15) is 16.7 Å². The molecule has 0 aromatic heterocycles. The molecule has 0 spiro atoms. The summed E-state index contributed by atoms with van der Waals surface area (Å²) in [7, 11) is 0. The summed E-state index contributed by atoms with van der Waals surface area (Å²) in [6.07, 6.45) is 0. The summed E-state index contributed by atoms with van der Waals surface area (Å²) in [5.41, 5.74) is 4.31. The summed E-state index contributed by atoms with van der Waals surface area (Å²) in [6, 6.07) is 17.1. The molecule has 0 atom stereocenters. The number of nitrogens with one attached hydrogen (secondary N) is 2. The minimum absolute atomic E-state index is 0.825. The molecule has 3 heteroatoms. The number of aryl methyl sites for hydroxylation is 1. The van der Waals surface area contributed by atoms with Crippen molar-refractivity contribution in [3.63, 3.8) is 0 Å². The van der Waals surface area contributed by atoms with Crippen molar-refractivity contribution in [2.24, 2.45) is 0 Å². The van der Waals surface area contributed by atoms with Crippen LogP contribution in [0.25, 0.3) is 0 Å². The van der Waals surface area contributed by atoms with Crippen LogP contribution in [0, 0.1) is 6.92 Å². The van der Waals surface area contributed by atoms with Crippen molar-refractivity contribution in [1.82, 2.24) is 0 Å². The van der Waals surface area contributed by atoms with Crippen molar-refractivity contribution in [3.8, 4) is 0 Å². The molecule has 2 aromatic carbocycles. The molecule has 1 aliphatic rings. The first-order chi connectivity index (χ1) is 10.7. The second-order valence-electron chi connectivity index (χ2n) is 6.41. The fraction of sp³-hybridized carbons (Fsp3) is 0.368. The van der Waals surface area contributed by atoms with Crippen LogP contribution >= 0.6 is 11.6 Å². The number of rotatable bonds is 4. The van der Waals surface area contributed by atoms with Crippen LogP contribution in [-0.4, -0.2) is 26.2 Å². The van der Waals surface area contributed by atoms with E-state index in [-0.39, 0.29) is 0 Å². The lowest BCUT2D eigenvalue weighted by Gasteiger charge is -2.30. The lowest BCUT2D eigenvalue weighted by molar-refractivity contribution is -1.02. The van der Waals surface area contributed by atoms with Gasteiger partial charge in [-0.15, -0.1) is 0 Å². The van der Waals surface area contributed by atoms with Crippen LogP contribution < -0.4 is 9.80 Å². The molecule has 0 unspecified atom stereocenters. The normalized spacial score (nSPS) is 21.7. The van der Waals surface area contributed by atoms with Gasteiger partial charge >= 0.3 is 0 Å². The highest BCUT2D eigenvalue weighted by molar-refractivity contribution is 6.30. The van der Waals surface area contributed by atoms with Gasteiger partial charge in [0.05, 0.1) is 0 Å². The Hall–Kier alpha value is -1.35. The van der Waals surface area contributed by atoms with Gasteiger partial charge in [0, 0.05) is 16.1 Å². The smallest absolute Gasteiger partial charge is 0.127 e. The Morgan fingerprint density at radius 3 is 2.05 bits per heavy atom. The molecule has 1 aliphatic heterocycles. The third-order valence-corrected chi connectivity index (χ3v) is 4.99. The van der Waals surface area contributed by atoms with Crippen LogP contribution in [-0.2, 0) is 13.1 Å². The third kappa shape index (κ3) is 4.10. The van der Waals surface area contributed by atoms with E-state index in [4.69, 9.17) is 11.6 Å². The number of piperazine rings is 1. The highest BCUT2D eigenvalue weighted by atomic mass is 35.5. The maximum absolute atomic E-state index is 5.95. The van der Waals surface area contributed by atoms with Crippen LogP contribution in [0.4, 0.5) is 0 Å². The molecule has 3 rings (SSSR count). The van der Waals surface area contributed by atoms with Crippen molar-refractivity contribution in [3.05, 3.63) is 70.2 Å². The number of benzene rings is 2. The molecule has 116 valence electrons. The molecule has 0 radical (unpaired) electrons. The Labute approximate surface area is 138 Å². The fourth-order valence-corrected chi connectivity index (χ4v) is 3.41. The average molecular weight is 317 g/mol. The van der Waals surface area contributed by atoms with E-state index in [0.717, 1.165) is 11.6 Å². The van der Waals surface area contributed by atoms with Gasteiger partial charge < -0.3 is 9.80 Å². The van der Waals surface area contributed by atoms with Crippen LogP contribution in [0.3, 0.4) is 0 Å². The molecular formula is C19H25ClN2+2. The van der Waals surface area contributed by atoms with Gasteiger partial charge in [-0.1, -0.05) is 48.0 Å². The highest BCUT2D eigenvalue weighted by Gasteiger charge is 2.23. The van der Waals surface area contributed by atoms with Crippen molar-refractivity contribution < 1.29 is 9.80 Å². The summed E-state index contributed by atoms with van der Waals surface area (Å²) >= 11 is 5.95. The van der Waals surface area contributed by atoms with E-state index in [0.29, 0.717) is 0 Å². The molecule has 1 saturated heterocycles. The van der Waals surface area contributed by atoms with Crippen LogP contribution in [0.2, 0.25) is 5.02 Å². The molecular weight excluding hydrogens is 292 g/mol. The predicted octanol–water partition coefficient (Wildman–Crippen LogP) is 1.13. The summed E-state index contributed by atoms with van der Waals surface area (Å²) < 4.78 is 0. The second kappa shape index (κ2) is 7.28. The Kier molecular flexibility index (Phi) is 5.14. The second-order valence-corrected chi connectivity index (χ2v) is 6.84. The van der Waals surface area contributed by atoms with Gasteiger partial charge in [-0.25, -0.2) is 0 Å². The summed E-state index contributed by atoms with van der Waals surface area (Å²) in [6.45, 7) is 9.54. The summed E-state index contributed by atoms with van der Waals surface area (Å²) in [5.74, 6) is 0. The number of hydrogen-bond acceptors (Lipinski definition) is 0. The van der Waals surface area contributed by atoms with Gasteiger partial charge in [0.2, 0.25) is 0 Å². The van der Waals surface area contributed by atoms with E-state index in [1.54, 1.807) is 9.80 Å². The van der Waals surface area contributed by atoms with Crippen molar-refractivity contribution in [2.45, 2.75) is 20.0 Å². The fourth-order valence-electron chi connectivity index (χ4n) is 3.28. The van der Waals surface area contributed by atoms with E-state index in [1.807, 2.05) is 12.1 Å². The van der Waals surface area contributed by atoms with E-state index >= 15 is 0 Å². The van der Waals surface area contributed by atoms with Crippen molar-refractivity contribution in [2.75, 3.05) is 26.2 Å². The molecule has 1 fully saturated rings. The molecule has 2 N–H and O–H groups in total. The zero-order valence-electron chi connectivity index (χ0n) is 13.2. The Morgan fingerprint density at radius 1 is 0.818 bits per heavy atom. The maximum Gasteiger partial charge on any atom is 0.127 e. The van der Waals surface area contributed by atoms with E-state index in [2.05, 4.69) is 43.3 Å². The molecule has 0 saturated carbocycles. The molecule has 0 bridgehead atoms. The first-order valence-corrected chi connectivity index (χ1v) is 8.54. The quantitative estimate of drug-likeness (QED) is 0.837. The highest BCUT2D eigenvalue weighted by Crippen LogP contribution is 2.08. The monoisotopic (exact) mass is 316 g/mol. The van der Waals surface area contributed by atoms with Gasteiger partial charge in [-0.3, -0.25) is 0 Å². The minimum Gasteiger partial charge on any atom is -0.322 e. The van der Waals surface area contributed by atoms with Gasteiger partial charge in [-0.05, 0) is 24.6 Å². The molecule has 0 aliphatic carbocycles. The lowest BCUT2D eigenvalue weighted by atomic mass is 10.1. The maximum atomic E-state index is 5.95. The van der Waals surface area contributed by atoms with Crippen molar-refractivity contribution >= 4 is 11.6 Å². The topological polar surface area (TPSA) is 8.88 Å². The molecule has 2 nitrogen and oxygen atoms in total. The average Bonchev–Trinajstić information content (AvgIpc) is 2.54. The van der Waals surface area contributed by atoms with E-state index in [1.165, 1.54) is 49.4 Å². The summed E-state index contributed by atoms with van der Waals surface area (Å²) in [5, 5.41) is 0.825. The zero-order chi connectivity index (χ0) is 15.4. The zero-order valence-corrected chi connectivity index (χ0v) is 14.0. The summed E-state index contributed by atoms with van der Waals surface area (Å²) in [4.78, 5) is 3.41. The van der Waals surface area contributed by atoms with E-state index < -0.39 is 0 Å². The molecule has 1 heterocycles. The number of halogens is 1. The minimum atomic E-state index is 0.825. The van der Waals surface area contributed by atoms with Gasteiger partial charge in [0.1, 0.15) is 39.3 Å². The Balaban J connectivity index is 1.50. The molecule has 0 amide bonds. The van der Waals surface area contributed by atoms with Gasteiger partial charge in [0.25, 0.3) is 0 Å². The lowest BCUT2D eigenvalue weighted by Crippen LogP contribution is -3.27. The van der Waals surface area contributed by atoms with Gasteiger partial charge in [-0.2, -0.15) is 0 Å². The standard InChI is InChI=1S/C19H23ClN2/c1-16-4-2-3-5-18(16)15-22-12-10-21(11-13-22)14-17-6-8-19(20)9-7-17/h2-9H,10-15H2,1H3/p+2. The van der Waals surface area contributed by atoms with Crippen LogP contribution in [0.5, 0.6) is 0 Å². The third-order valence-electron chi connectivity index (χ3n) is 4.73. The van der Waals surface area contributed by atoms with Crippen molar-refractivity contribution in [1.29, 1.82) is 0 Å². The number of quaternary nitrogens is 2.